The lowest BCUT2D eigenvalue weighted by molar-refractivity contribution is 0.0915. The Morgan fingerprint density at radius 3 is 2.44 bits per heavy atom. The van der Waals surface area contributed by atoms with E-state index in [2.05, 4.69) is 31.0 Å². The zero-order chi connectivity index (χ0) is 12.2. The van der Waals surface area contributed by atoms with Gasteiger partial charge in [-0.25, -0.2) is 0 Å². The molecule has 1 atom stereocenters. The van der Waals surface area contributed by atoms with E-state index in [0.717, 1.165) is 26.2 Å². The lowest BCUT2D eigenvalue weighted by Crippen LogP contribution is -2.45. The van der Waals surface area contributed by atoms with Crippen molar-refractivity contribution >= 4 is 0 Å². The summed E-state index contributed by atoms with van der Waals surface area (Å²) in [5.41, 5.74) is 0. The van der Waals surface area contributed by atoms with E-state index in [9.17, 15) is 0 Å². The van der Waals surface area contributed by atoms with E-state index in [1.165, 1.54) is 25.8 Å². The second-order valence-electron chi connectivity index (χ2n) is 4.30. The molecule has 1 N–H and O–H groups in total. The van der Waals surface area contributed by atoms with Gasteiger partial charge >= 0.3 is 0 Å². The minimum atomic E-state index is 0.521. The van der Waals surface area contributed by atoms with Crippen LogP contribution in [0.3, 0.4) is 0 Å². The number of hydrogen-bond acceptors (Lipinski definition) is 3. The van der Waals surface area contributed by atoms with Crippen molar-refractivity contribution in [1.82, 2.24) is 10.2 Å². The smallest absolute Gasteiger partial charge is 0.0630 e. The molecule has 0 spiro atoms. The maximum absolute atomic E-state index is 5.32. The van der Waals surface area contributed by atoms with Crippen LogP contribution in [0.15, 0.2) is 0 Å². The Bertz CT molecular complexity index is 142. The van der Waals surface area contributed by atoms with Crippen LogP contribution in [-0.4, -0.2) is 50.8 Å². The number of nitrogens with zero attached hydrogens (tertiary/aromatic N) is 1. The maximum Gasteiger partial charge on any atom is 0.0630 e. The van der Waals surface area contributed by atoms with E-state index in [1.807, 2.05) is 0 Å². The fourth-order valence-corrected chi connectivity index (χ4v) is 1.89. The molecule has 3 nitrogen and oxygen atoms in total. The monoisotopic (exact) mass is 230 g/mol. The minimum Gasteiger partial charge on any atom is -0.383 e. The predicted octanol–water partition coefficient (Wildman–Crippen LogP) is 2.12. The van der Waals surface area contributed by atoms with Crippen LogP contribution in [0.5, 0.6) is 0 Å². The van der Waals surface area contributed by atoms with Crippen molar-refractivity contribution in [2.24, 2.45) is 0 Å². The zero-order valence-corrected chi connectivity index (χ0v) is 11.6. The van der Waals surface area contributed by atoms with E-state index < -0.39 is 0 Å². The average molecular weight is 230 g/mol. The topological polar surface area (TPSA) is 24.5 Å². The van der Waals surface area contributed by atoms with Gasteiger partial charge in [-0.15, -0.1) is 0 Å². The zero-order valence-electron chi connectivity index (χ0n) is 11.6. The summed E-state index contributed by atoms with van der Waals surface area (Å²) in [5.74, 6) is 0. The molecule has 0 aromatic rings. The molecule has 0 saturated heterocycles. The van der Waals surface area contributed by atoms with Gasteiger partial charge < -0.3 is 10.1 Å². The normalized spacial score (nSPS) is 13.3. The Balaban J connectivity index is 4.00. The van der Waals surface area contributed by atoms with Gasteiger partial charge in [0.1, 0.15) is 0 Å². The Kier molecular flexibility index (Phi) is 11.3. The van der Waals surface area contributed by atoms with Crippen LogP contribution in [0.2, 0.25) is 0 Å². The molecule has 0 bridgehead atoms. The van der Waals surface area contributed by atoms with E-state index in [1.54, 1.807) is 7.11 Å². The lowest BCUT2D eigenvalue weighted by Gasteiger charge is -2.30. The number of unbranched alkanes of at least 4 members (excludes halogenated alkanes) is 1. The van der Waals surface area contributed by atoms with Crippen LogP contribution in [0.4, 0.5) is 0 Å². The molecule has 0 rings (SSSR count). The van der Waals surface area contributed by atoms with Crippen LogP contribution < -0.4 is 5.32 Å². The number of hydrogen-bond donors (Lipinski definition) is 1. The molecule has 0 aliphatic rings. The number of likely N-dealkylation sites (N-methyl/N-ethyl adjacent to an activating group) is 1. The van der Waals surface area contributed by atoms with Crippen molar-refractivity contribution in [3.63, 3.8) is 0 Å². The molecule has 0 heterocycles. The third kappa shape index (κ3) is 7.20. The standard InChI is InChI=1S/C13H30N2O/c1-5-8-10-15(7-3)13(12-16-4)11-14-9-6-2/h13-14H,5-12H2,1-4H3. The Morgan fingerprint density at radius 2 is 1.94 bits per heavy atom. The summed E-state index contributed by atoms with van der Waals surface area (Å²) in [6.07, 6.45) is 3.74. The van der Waals surface area contributed by atoms with Gasteiger partial charge in [0.05, 0.1) is 6.61 Å². The highest BCUT2D eigenvalue weighted by Crippen LogP contribution is 2.02. The highest BCUT2D eigenvalue weighted by molar-refractivity contribution is 4.73. The fraction of sp³-hybridized carbons (Fsp3) is 1.00. The summed E-state index contributed by atoms with van der Waals surface area (Å²) < 4.78 is 5.32. The van der Waals surface area contributed by atoms with Gasteiger partial charge in [0.25, 0.3) is 0 Å². The van der Waals surface area contributed by atoms with Crippen molar-refractivity contribution < 1.29 is 4.74 Å². The molecular weight excluding hydrogens is 200 g/mol. The molecule has 0 saturated carbocycles. The maximum atomic E-state index is 5.32. The predicted molar refractivity (Wildman–Crippen MR) is 71.0 cm³/mol. The van der Waals surface area contributed by atoms with Gasteiger partial charge in [-0.3, -0.25) is 4.90 Å². The highest BCUT2D eigenvalue weighted by Gasteiger charge is 2.15. The molecule has 0 aromatic heterocycles. The quantitative estimate of drug-likeness (QED) is 0.550. The number of nitrogens with one attached hydrogen (secondary N) is 1. The summed E-state index contributed by atoms with van der Waals surface area (Å²) in [7, 11) is 1.79. The first kappa shape index (κ1) is 15.9. The summed E-state index contributed by atoms with van der Waals surface area (Å²) in [4.78, 5) is 2.52. The van der Waals surface area contributed by atoms with Crippen molar-refractivity contribution in [1.29, 1.82) is 0 Å². The molecule has 1 unspecified atom stereocenters. The van der Waals surface area contributed by atoms with Crippen LogP contribution in [-0.2, 0) is 4.74 Å². The second-order valence-corrected chi connectivity index (χ2v) is 4.30. The number of ether oxygens (including phenoxy) is 1. The minimum absolute atomic E-state index is 0.521. The summed E-state index contributed by atoms with van der Waals surface area (Å²) in [6, 6.07) is 0.521. The van der Waals surface area contributed by atoms with E-state index >= 15 is 0 Å². The van der Waals surface area contributed by atoms with Crippen molar-refractivity contribution in [3.05, 3.63) is 0 Å². The molecule has 0 fully saturated rings. The van der Waals surface area contributed by atoms with E-state index in [-0.39, 0.29) is 0 Å². The van der Waals surface area contributed by atoms with E-state index in [4.69, 9.17) is 4.74 Å². The molecule has 0 radical (unpaired) electrons. The van der Waals surface area contributed by atoms with Crippen LogP contribution in [0.25, 0.3) is 0 Å². The van der Waals surface area contributed by atoms with Gasteiger partial charge in [0, 0.05) is 19.7 Å². The van der Waals surface area contributed by atoms with Gasteiger partial charge in [0.2, 0.25) is 0 Å². The first-order valence-electron chi connectivity index (χ1n) is 6.73. The fourth-order valence-electron chi connectivity index (χ4n) is 1.89. The van der Waals surface area contributed by atoms with Crippen molar-refractivity contribution in [3.8, 4) is 0 Å². The highest BCUT2D eigenvalue weighted by atomic mass is 16.5. The second kappa shape index (κ2) is 11.4. The molecule has 0 aliphatic carbocycles. The average Bonchev–Trinajstić information content (AvgIpc) is 2.30. The number of rotatable bonds is 11. The van der Waals surface area contributed by atoms with Gasteiger partial charge in [0.15, 0.2) is 0 Å². The molecule has 16 heavy (non-hydrogen) atoms. The molecule has 98 valence electrons. The third-order valence-corrected chi connectivity index (χ3v) is 2.89. The first-order valence-corrected chi connectivity index (χ1v) is 6.73. The van der Waals surface area contributed by atoms with Crippen LogP contribution >= 0.6 is 0 Å². The summed E-state index contributed by atoms with van der Waals surface area (Å²) >= 11 is 0. The Labute approximate surface area is 102 Å². The summed E-state index contributed by atoms with van der Waals surface area (Å²) in [6.45, 7) is 12.0. The largest absolute Gasteiger partial charge is 0.383 e. The van der Waals surface area contributed by atoms with Crippen molar-refractivity contribution in [2.45, 2.75) is 46.1 Å². The molecule has 0 aliphatic heterocycles. The van der Waals surface area contributed by atoms with Crippen molar-refractivity contribution in [2.75, 3.05) is 39.9 Å². The lowest BCUT2D eigenvalue weighted by atomic mass is 10.2. The Hall–Kier alpha value is -0.120. The molecule has 0 amide bonds. The molecule has 3 heteroatoms. The molecule has 0 aromatic carbocycles. The Morgan fingerprint density at radius 1 is 1.19 bits per heavy atom. The first-order chi connectivity index (χ1) is 7.79. The van der Waals surface area contributed by atoms with Gasteiger partial charge in [-0.2, -0.15) is 0 Å². The van der Waals surface area contributed by atoms with Crippen LogP contribution in [0, 0.1) is 0 Å². The third-order valence-electron chi connectivity index (χ3n) is 2.89. The number of methoxy groups -OCH3 is 1. The molecular formula is C13H30N2O. The summed E-state index contributed by atoms with van der Waals surface area (Å²) in [5, 5.41) is 3.49. The van der Waals surface area contributed by atoms with Crippen LogP contribution in [0.1, 0.15) is 40.0 Å². The SMILES string of the molecule is CCCCN(CC)C(CNCCC)COC. The van der Waals surface area contributed by atoms with E-state index in [0.29, 0.717) is 6.04 Å². The van der Waals surface area contributed by atoms with Gasteiger partial charge in [-0.05, 0) is 32.5 Å². The van der Waals surface area contributed by atoms with Gasteiger partial charge in [-0.1, -0.05) is 27.2 Å².